The Bertz CT molecular complexity index is 397. The summed E-state index contributed by atoms with van der Waals surface area (Å²) in [6.45, 7) is 2.18. The van der Waals surface area contributed by atoms with Crippen LogP contribution in [0.5, 0.6) is 5.88 Å². The first-order valence-corrected chi connectivity index (χ1v) is 5.06. The lowest BCUT2D eigenvalue weighted by Gasteiger charge is -2.13. The molecule has 7 nitrogen and oxygen atoms in total. The highest BCUT2D eigenvalue weighted by molar-refractivity contribution is 5.47. The quantitative estimate of drug-likeness (QED) is 0.599. The minimum Gasteiger partial charge on any atom is -0.472 e. The van der Waals surface area contributed by atoms with E-state index >= 15 is 0 Å². The van der Waals surface area contributed by atoms with Gasteiger partial charge in [0.15, 0.2) is 0 Å². The van der Waals surface area contributed by atoms with Gasteiger partial charge in [0.2, 0.25) is 5.88 Å². The number of pyridine rings is 1. The zero-order valence-electron chi connectivity index (χ0n) is 9.97. The van der Waals surface area contributed by atoms with Gasteiger partial charge in [-0.15, -0.1) is 0 Å². The van der Waals surface area contributed by atoms with Gasteiger partial charge in [-0.1, -0.05) is 0 Å². The third-order valence-electron chi connectivity index (χ3n) is 1.98. The largest absolute Gasteiger partial charge is 0.472 e. The van der Waals surface area contributed by atoms with E-state index in [1.165, 1.54) is 12.1 Å². The Morgan fingerprint density at radius 2 is 2.29 bits per heavy atom. The summed E-state index contributed by atoms with van der Waals surface area (Å²) in [4.78, 5) is 14.3. The summed E-state index contributed by atoms with van der Waals surface area (Å²) >= 11 is 0. The van der Waals surface area contributed by atoms with Crippen LogP contribution in [0.2, 0.25) is 0 Å². The van der Waals surface area contributed by atoms with Gasteiger partial charge in [-0.2, -0.15) is 4.98 Å². The number of nitrogens with one attached hydrogen (secondary N) is 1. The lowest BCUT2D eigenvalue weighted by Crippen LogP contribution is -2.18. The van der Waals surface area contributed by atoms with E-state index in [1.807, 2.05) is 0 Å². The van der Waals surface area contributed by atoms with Crippen molar-refractivity contribution in [1.82, 2.24) is 4.98 Å². The summed E-state index contributed by atoms with van der Waals surface area (Å²) in [5.74, 6) is 0.590. The third-order valence-corrected chi connectivity index (χ3v) is 1.98. The molecule has 0 spiro atoms. The fourth-order valence-corrected chi connectivity index (χ4v) is 1.26. The Hall–Kier alpha value is -1.89. The highest BCUT2D eigenvalue weighted by Gasteiger charge is 2.13. The number of ether oxygens (including phenoxy) is 2. The van der Waals surface area contributed by atoms with Crippen molar-refractivity contribution in [2.45, 2.75) is 13.0 Å². The summed E-state index contributed by atoms with van der Waals surface area (Å²) < 4.78 is 10.3. The first-order chi connectivity index (χ1) is 8.06. The molecule has 94 valence electrons. The van der Waals surface area contributed by atoms with Crippen molar-refractivity contribution in [3.63, 3.8) is 0 Å². The standard InChI is InChI=1S/C10H15N3O4/c1-7(6-16-3)17-10-5-8(13(14)15)4-9(11-2)12-10/h4-5,7H,6H2,1-3H3,(H,11,12). The normalized spacial score (nSPS) is 11.9. The fraction of sp³-hybridized carbons (Fsp3) is 0.500. The van der Waals surface area contributed by atoms with E-state index in [0.717, 1.165) is 0 Å². The van der Waals surface area contributed by atoms with Crippen LogP contribution in [-0.2, 0) is 4.74 Å². The van der Waals surface area contributed by atoms with Gasteiger partial charge in [-0.25, -0.2) is 0 Å². The van der Waals surface area contributed by atoms with E-state index in [0.29, 0.717) is 12.4 Å². The zero-order valence-corrected chi connectivity index (χ0v) is 9.97. The van der Waals surface area contributed by atoms with Gasteiger partial charge in [0.1, 0.15) is 11.9 Å². The Morgan fingerprint density at radius 1 is 1.59 bits per heavy atom. The molecule has 0 aliphatic heterocycles. The van der Waals surface area contributed by atoms with Crippen LogP contribution < -0.4 is 10.1 Å². The lowest BCUT2D eigenvalue weighted by atomic mass is 10.3. The Morgan fingerprint density at radius 3 is 2.82 bits per heavy atom. The van der Waals surface area contributed by atoms with Crippen molar-refractivity contribution < 1.29 is 14.4 Å². The van der Waals surface area contributed by atoms with E-state index in [4.69, 9.17) is 9.47 Å². The molecule has 0 aliphatic carbocycles. The SMILES string of the molecule is CNc1cc([N+](=O)[O-])cc(OC(C)COC)n1. The predicted molar refractivity (Wildman–Crippen MR) is 62.4 cm³/mol. The molecule has 1 aromatic rings. The van der Waals surface area contributed by atoms with E-state index in [9.17, 15) is 10.1 Å². The number of aromatic nitrogens is 1. The Labute approximate surface area is 98.9 Å². The minimum atomic E-state index is -0.490. The van der Waals surface area contributed by atoms with Crippen LogP contribution in [0.15, 0.2) is 12.1 Å². The fourth-order valence-electron chi connectivity index (χ4n) is 1.26. The second kappa shape index (κ2) is 6.00. The van der Waals surface area contributed by atoms with E-state index in [2.05, 4.69) is 10.3 Å². The highest BCUT2D eigenvalue weighted by atomic mass is 16.6. The molecule has 1 N–H and O–H groups in total. The van der Waals surface area contributed by atoms with Crippen LogP contribution in [0.4, 0.5) is 11.5 Å². The Balaban J connectivity index is 2.90. The molecule has 0 fully saturated rings. The van der Waals surface area contributed by atoms with Crippen LogP contribution in [-0.4, -0.2) is 36.8 Å². The van der Waals surface area contributed by atoms with Crippen molar-refractivity contribution in [2.75, 3.05) is 26.1 Å². The van der Waals surface area contributed by atoms with Crippen molar-refractivity contribution in [3.05, 3.63) is 22.2 Å². The summed E-state index contributed by atoms with van der Waals surface area (Å²) in [6.07, 6.45) is -0.223. The maximum Gasteiger partial charge on any atom is 0.278 e. The number of hydrogen-bond acceptors (Lipinski definition) is 6. The second-order valence-electron chi connectivity index (χ2n) is 3.44. The molecule has 1 aromatic heterocycles. The van der Waals surface area contributed by atoms with E-state index in [1.54, 1.807) is 21.1 Å². The van der Waals surface area contributed by atoms with Crippen molar-refractivity contribution >= 4 is 11.5 Å². The Kier molecular flexibility index (Phi) is 4.65. The van der Waals surface area contributed by atoms with Gasteiger partial charge in [0.25, 0.3) is 5.69 Å². The molecule has 0 aliphatic rings. The summed E-state index contributed by atoms with van der Waals surface area (Å²) in [5.41, 5.74) is -0.0658. The molecule has 1 heterocycles. The molecular formula is C10H15N3O4. The molecule has 7 heteroatoms. The smallest absolute Gasteiger partial charge is 0.278 e. The van der Waals surface area contributed by atoms with Crippen molar-refractivity contribution in [3.8, 4) is 5.88 Å². The van der Waals surface area contributed by atoms with Gasteiger partial charge >= 0.3 is 0 Å². The lowest BCUT2D eigenvalue weighted by molar-refractivity contribution is -0.384. The monoisotopic (exact) mass is 241 g/mol. The molecule has 1 rings (SSSR count). The number of nitro groups is 1. The molecule has 17 heavy (non-hydrogen) atoms. The molecule has 0 saturated heterocycles. The molecule has 0 amide bonds. The first kappa shape index (κ1) is 13.2. The molecule has 1 atom stereocenters. The number of methoxy groups -OCH3 is 1. The van der Waals surface area contributed by atoms with Gasteiger partial charge in [-0.3, -0.25) is 10.1 Å². The summed E-state index contributed by atoms with van der Waals surface area (Å²) in [7, 11) is 3.19. The van der Waals surface area contributed by atoms with Crippen LogP contribution >= 0.6 is 0 Å². The van der Waals surface area contributed by atoms with Gasteiger partial charge in [-0.05, 0) is 6.92 Å². The van der Waals surface area contributed by atoms with E-state index < -0.39 is 4.92 Å². The average Bonchev–Trinajstić information content (AvgIpc) is 2.28. The van der Waals surface area contributed by atoms with Crippen LogP contribution in [0.3, 0.4) is 0 Å². The van der Waals surface area contributed by atoms with E-state index in [-0.39, 0.29) is 17.7 Å². The number of rotatable bonds is 6. The molecule has 0 aromatic carbocycles. The van der Waals surface area contributed by atoms with Crippen molar-refractivity contribution in [2.24, 2.45) is 0 Å². The first-order valence-electron chi connectivity index (χ1n) is 5.06. The molecule has 1 unspecified atom stereocenters. The van der Waals surface area contributed by atoms with Crippen LogP contribution in [0.25, 0.3) is 0 Å². The average molecular weight is 241 g/mol. The molecule has 0 radical (unpaired) electrons. The highest BCUT2D eigenvalue weighted by Crippen LogP contribution is 2.22. The second-order valence-corrected chi connectivity index (χ2v) is 3.44. The van der Waals surface area contributed by atoms with Gasteiger partial charge in [0.05, 0.1) is 23.7 Å². The minimum absolute atomic E-state index is 0.0658. The van der Waals surface area contributed by atoms with Gasteiger partial charge < -0.3 is 14.8 Å². The molecule has 0 bridgehead atoms. The summed E-state index contributed by atoms with van der Waals surface area (Å²) in [5, 5.41) is 13.4. The van der Waals surface area contributed by atoms with Gasteiger partial charge in [0, 0.05) is 14.2 Å². The summed E-state index contributed by atoms with van der Waals surface area (Å²) in [6, 6.07) is 2.63. The maximum absolute atomic E-state index is 10.7. The number of anilines is 1. The number of hydrogen-bond donors (Lipinski definition) is 1. The topological polar surface area (TPSA) is 86.5 Å². The van der Waals surface area contributed by atoms with Crippen LogP contribution in [0, 0.1) is 10.1 Å². The zero-order chi connectivity index (χ0) is 12.8. The van der Waals surface area contributed by atoms with Crippen LogP contribution in [0.1, 0.15) is 6.92 Å². The number of nitrogens with zero attached hydrogens (tertiary/aromatic N) is 2. The van der Waals surface area contributed by atoms with Crippen molar-refractivity contribution in [1.29, 1.82) is 0 Å². The molecule has 0 saturated carbocycles. The predicted octanol–water partition coefficient (Wildman–Crippen LogP) is 1.45. The molecular weight excluding hydrogens is 226 g/mol. The third kappa shape index (κ3) is 3.87. The maximum atomic E-state index is 10.7.